The number of benzene rings is 2. The quantitative estimate of drug-likeness (QED) is 0.730. The van der Waals surface area contributed by atoms with E-state index in [4.69, 9.17) is 0 Å². The molecule has 7 heteroatoms. The van der Waals surface area contributed by atoms with Crippen LogP contribution in [0.15, 0.2) is 48.5 Å². The highest BCUT2D eigenvalue weighted by Crippen LogP contribution is 2.16. The second-order valence-electron chi connectivity index (χ2n) is 6.21. The molecule has 2 aromatic carbocycles. The fourth-order valence-electron chi connectivity index (χ4n) is 2.80. The Labute approximate surface area is 163 Å². The highest BCUT2D eigenvalue weighted by Gasteiger charge is 2.21. The van der Waals surface area contributed by atoms with E-state index in [1.54, 1.807) is 17.0 Å². The van der Waals surface area contributed by atoms with Crippen LogP contribution in [0.4, 0.5) is 4.39 Å². The van der Waals surface area contributed by atoms with Gasteiger partial charge in [0.15, 0.2) is 0 Å². The smallest absolute Gasteiger partial charge is 0.312 e. The molecule has 0 saturated carbocycles. The second kappa shape index (κ2) is 9.64. The molecule has 2 N–H and O–H groups in total. The first-order valence-electron chi connectivity index (χ1n) is 9.03. The van der Waals surface area contributed by atoms with E-state index in [0.717, 1.165) is 0 Å². The summed E-state index contributed by atoms with van der Waals surface area (Å²) in [6.45, 7) is 4.83. The predicted molar refractivity (Wildman–Crippen MR) is 103 cm³/mol. The Morgan fingerprint density at radius 1 is 0.964 bits per heavy atom. The molecule has 2 rings (SSSR count). The van der Waals surface area contributed by atoms with E-state index in [0.29, 0.717) is 29.8 Å². The zero-order valence-electron chi connectivity index (χ0n) is 15.8. The number of nitrogens with one attached hydrogen (secondary N) is 1. The third-order valence-electron chi connectivity index (χ3n) is 4.48. The molecule has 2 amide bonds. The minimum atomic E-state index is -1.12. The third-order valence-corrected chi connectivity index (χ3v) is 4.48. The highest BCUT2D eigenvalue weighted by atomic mass is 19.1. The van der Waals surface area contributed by atoms with Crippen molar-refractivity contribution in [1.82, 2.24) is 10.2 Å². The molecule has 0 aromatic heterocycles. The van der Waals surface area contributed by atoms with E-state index < -0.39 is 23.6 Å². The molecule has 6 nitrogen and oxygen atoms in total. The molecule has 148 valence electrons. The van der Waals surface area contributed by atoms with Crippen molar-refractivity contribution in [3.63, 3.8) is 0 Å². The van der Waals surface area contributed by atoms with Gasteiger partial charge in [-0.15, -0.1) is 0 Å². The Morgan fingerprint density at radius 3 is 2.00 bits per heavy atom. The lowest BCUT2D eigenvalue weighted by Gasteiger charge is -2.18. The topological polar surface area (TPSA) is 86.7 Å². The average molecular weight is 386 g/mol. The van der Waals surface area contributed by atoms with Crippen LogP contribution < -0.4 is 5.32 Å². The molecule has 0 heterocycles. The maximum absolute atomic E-state index is 13.0. The van der Waals surface area contributed by atoms with Crippen molar-refractivity contribution >= 4 is 17.8 Å². The number of carboxylic acid groups (broad SMARTS) is 1. The Morgan fingerprint density at radius 2 is 1.50 bits per heavy atom. The highest BCUT2D eigenvalue weighted by molar-refractivity contribution is 5.98. The van der Waals surface area contributed by atoms with Crippen molar-refractivity contribution in [3.8, 4) is 0 Å². The van der Waals surface area contributed by atoms with Crippen LogP contribution in [0.2, 0.25) is 0 Å². The van der Waals surface area contributed by atoms with Crippen LogP contribution in [0.25, 0.3) is 0 Å². The van der Waals surface area contributed by atoms with Gasteiger partial charge < -0.3 is 15.3 Å². The molecule has 0 saturated heterocycles. The first-order valence-corrected chi connectivity index (χ1v) is 9.03. The first kappa shape index (κ1) is 21.1. The minimum Gasteiger partial charge on any atom is -0.481 e. The molecular weight excluding hydrogens is 363 g/mol. The standard InChI is InChI=1S/C21H23FN2O4/c1-3-24(4-2)20(26)16-7-5-15(6-8-16)19(25)23-13-18(21(27)28)14-9-11-17(22)12-10-14/h5-12,18H,3-4,13H2,1-2H3,(H,23,25)(H,27,28). The number of amides is 2. The predicted octanol–water partition coefficient (Wildman–Crippen LogP) is 2.91. The lowest BCUT2D eigenvalue weighted by atomic mass is 9.99. The van der Waals surface area contributed by atoms with Crippen molar-refractivity contribution in [2.45, 2.75) is 19.8 Å². The summed E-state index contributed by atoms with van der Waals surface area (Å²) in [7, 11) is 0. The van der Waals surface area contributed by atoms with Crippen LogP contribution in [0, 0.1) is 5.82 Å². The maximum Gasteiger partial charge on any atom is 0.312 e. The SMILES string of the molecule is CCN(CC)C(=O)c1ccc(C(=O)NCC(C(=O)O)c2ccc(F)cc2)cc1. The summed E-state index contributed by atoms with van der Waals surface area (Å²) in [5, 5.41) is 12.0. The van der Waals surface area contributed by atoms with Crippen molar-refractivity contribution in [2.24, 2.45) is 0 Å². The van der Waals surface area contributed by atoms with Crippen molar-refractivity contribution in [1.29, 1.82) is 0 Å². The zero-order chi connectivity index (χ0) is 20.7. The third kappa shape index (κ3) is 5.16. The summed E-state index contributed by atoms with van der Waals surface area (Å²) in [5.41, 5.74) is 1.20. The van der Waals surface area contributed by atoms with Gasteiger partial charge in [-0.05, 0) is 55.8 Å². The summed E-state index contributed by atoms with van der Waals surface area (Å²) in [5.74, 6) is -3.13. The van der Waals surface area contributed by atoms with Gasteiger partial charge in [-0.25, -0.2) is 4.39 Å². The van der Waals surface area contributed by atoms with Gasteiger partial charge in [0.25, 0.3) is 11.8 Å². The van der Waals surface area contributed by atoms with E-state index in [2.05, 4.69) is 5.32 Å². The van der Waals surface area contributed by atoms with Crippen LogP contribution in [0.5, 0.6) is 0 Å². The van der Waals surface area contributed by atoms with Crippen LogP contribution in [-0.2, 0) is 4.79 Å². The minimum absolute atomic E-state index is 0.112. The van der Waals surface area contributed by atoms with E-state index in [1.165, 1.54) is 36.4 Å². The number of hydrogen-bond donors (Lipinski definition) is 2. The van der Waals surface area contributed by atoms with E-state index in [9.17, 15) is 23.9 Å². The number of rotatable bonds is 8. The number of aliphatic carboxylic acids is 1. The molecule has 0 aliphatic rings. The Hall–Kier alpha value is -3.22. The lowest BCUT2D eigenvalue weighted by molar-refractivity contribution is -0.138. The molecule has 1 atom stereocenters. The molecule has 0 spiro atoms. The molecule has 0 radical (unpaired) electrons. The fraction of sp³-hybridized carbons (Fsp3) is 0.286. The van der Waals surface area contributed by atoms with E-state index in [1.807, 2.05) is 13.8 Å². The molecule has 2 aromatic rings. The molecule has 0 bridgehead atoms. The van der Waals surface area contributed by atoms with Gasteiger partial charge >= 0.3 is 5.97 Å². The number of halogens is 1. The van der Waals surface area contributed by atoms with Gasteiger partial charge in [-0.2, -0.15) is 0 Å². The summed E-state index contributed by atoms with van der Waals surface area (Å²) in [6.07, 6.45) is 0. The van der Waals surface area contributed by atoms with Gasteiger partial charge in [-0.3, -0.25) is 14.4 Å². The van der Waals surface area contributed by atoms with Crippen LogP contribution in [0.3, 0.4) is 0 Å². The van der Waals surface area contributed by atoms with Crippen LogP contribution in [0.1, 0.15) is 46.0 Å². The summed E-state index contributed by atoms with van der Waals surface area (Å²) in [4.78, 5) is 37.8. The Bertz CT molecular complexity index is 830. The Balaban J connectivity index is 2.04. The molecular formula is C21H23FN2O4. The zero-order valence-corrected chi connectivity index (χ0v) is 15.8. The summed E-state index contributed by atoms with van der Waals surface area (Å²) < 4.78 is 13.0. The molecule has 0 aliphatic carbocycles. The van der Waals surface area contributed by atoms with Gasteiger partial charge in [0.2, 0.25) is 0 Å². The van der Waals surface area contributed by atoms with E-state index in [-0.39, 0.29) is 12.5 Å². The lowest BCUT2D eigenvalue weighted by Crippen LogP contribution is -2.32. The first-order chi connectivity index (χ1) is 13.4. The maximum atomic E-state index is 13.0. The molecule has 1 unspecified atom stereocenters. The summed E-state index contributed by atoms with van der Waals surface area (Å²) in [6, 6.07) is 11.3. The molecule has 0 aliphatic heterocycles. The van der Waals surface area contributed by atoms with Crippen molar-refractivity contribution in [3.05, 3.63) is 71.0 Å². The van der Waals surface area contributed by atoms with Crippen LogP contribution >= 0.6 is 0 Å². The summed E-state index contributed by atoms with van der Waals surface area (Å²) >= 11 is 0. The fourth-order valence-corrected chi connectivity index (χ4v) is 2.80. The van der Waals surface area contributed by atoms with Gasteiger partial charge in [-0.1, -0.05) is 12.1 Å². The van der Waals surface area contributed by atoms with Crippen molar-refractivity contribution < 1.29 is 23.9 Å². The second-order valence-corrected chi connectivity index (χ2v) is 6.21. The monoisotopic (exact) mass is 386 g/mol. The Kier molecular flexibility index (Phi) is 7.26. The average Bonchev–Trinajstić information content (AvgIpc) is 2.70. The van der Waals surface area contributed by atoms with Gasteiger partial charge in [0.1, 0.15) is 5.82 Å². The number of carboxylic acids is 1. The number of carbonyl (C=O) groups excluding carboxylic acids is 2. The van der Waals surface area contributed by atoms with E-state index >= 15 is 0 Å². The van der Waals surface area contributed by atoms with Crippen molar-refractivity contribution in [2.75, 3.05) is 19.6 Å². The number of hydrogen-bond acceptors (Lipinski definition) is 3. The van der Waals surface area contributed by atoms with Crippen LogP contribution in [-0.4, -0.2) is 47.4 Å². The molecule has 0 fully saturated rings. The number of nitrogens with zero attached hydrogens (tertiary/aromatic N) is 1. The largest absolute Gasteiger partial charge is 0.481 e. The number of carbonyl (C=O) groups is 3. The van der Waals surface area contributed by atoms with Gasteiger partial charge in [0, 0.05) is 30.8 Å². The molecule has 28 heavy (non-hydrogen) atoms. The van der Waals surface area contributed by atoms with Gasteiger partial charge in [0.05, 0.1) is 5.92 Å². The normalized spacial score (nSPS) is 11.5.